The monoisotopic (exact) mass is 373 g/mol. The molecule has 2 aromatic heterocycles. The number of halogens is 1. The number of benzene rings is 1. The Morgan fingerprint density at radius 1 is 1.12 bits per heavy atom. The number of aromatic nitrogens is 1. The Morgan fingerprint density at radius 2 is 1.96 bits per heavy atom. The topological polar surface area (TPSA) is 39.3 Å². The second kappa shape index (κ2) is 7.20. The minimum Gasteiger partial charge on any atom is -0.361 e. The molecule has 0 unspecified atom stereocenters. The number of H-pyrrole nitrogens is 1. The first kappa shape index (κ1) is 16.6. The lowest BCUT2D eigenvalue weighted by Crippen LogP contribution is -2.49. The van der Waals surface area contributed by atoms with Crippen molar-refractivity contribution in [3.63, 3.8) is 0 Å². The normalized spacial score (nSPS) is 15.8. The molecule has 130 valence electrons. The van der Waals surface area contributed by atoms with Crippen molar-refractivity contribution in [2.75, 3.05) is 32.7 Å². The number of thiophene rings is 1. The summed E-state index contributed by atoms with van der Waals surface area (Å²) >= 11 is 7.64. The largest absolute Gasteiger partial charge is 0.361 e. The molecular weight excluding hydrogens is 354 g/mol. The maximum Gasteiger partial charge on any atom is 0.254 e. The number of fused-ring (bicyclic) bond motifs is 1. The molecule has 6 heteroatoms. The van der Waals surface area contributed by atoms with Gasteiger partial charge in [0.2, 0.25) is 0 Å². The van der Waals surface area contributed by atoms with E-state index in [9.17, 15) is 4.79 Å². The van der Waals surface area contributed by atoms with Gasteiger partial charge in [0.15, 0.2) is 0 Å². The summed E-state index contributed by atoms with van der Waals surface area (Å²) < 4.78 is 0.851. The number of nitrogens with zero attached hydrogens (tertiary/aromatic N) is 2. The highest BCUT2D eigenvalue weighted by atomic mass is 35.5. The first-order valence-corrected chi connectivity index (χ1v) is 9.72. The van der Waals surface area contributed by atoms with Gasteiger partial charge in [0.05, 0.1) is 4.34 Å². The van der Waals surface area contributed by atoms with Crippen molar-refractivity contribution in [2.45, 2.75) is 6.42 Å². The predicted octanol–water partition coefficient (Wildman–Crippen LogP) is 3.88. The number of hydrogen-bond donors (Lipinski definition) is 1. The van der Waals surface area contributed by atoms with Crippen molar-refractivity contribution in [1.29, 1.82) is 0 Å². The van der Waals surface area contributed by atoms with Gasteiger partial charge in [-0.25, -0.2) is 0 Å². The van der Waals surface area contributed by atoms with Gasteiger partial charge in [-0.05, 0) is 36.8 Å². The highest BCUT2D eigenvalue weighted by Crippen LogP contribution is 2.22. The first-order valence-electron chi connectivity index (χ1n) is 8.53. The van der Waals surface area contributed by atoms with E-state index in [1.54, 1.807) is 11.3 Å². The fourth-order valence-electron chi connectivity index (χ4n) is 3.37. The maximum atomic E-state index is 12.9. The molecule has 0 saturated carbocycles. The minimum absolute atomic E-state index is 0.134. The van der Waals surface area contributed by atoms with E-state index in [0.717, 1.165) is 59.9 Å². The third-order valence-corrected chi connectivity index (χ3v) is 6.08. The number of nitrogens with one attached hydrogen (secondary N) is 1. The summed E-state index contributed by atoms with van der Waals surface area (Å²) in [5.41, 5.74) is 1.81. The average Bonchev–Trinajstić information content (AvgIpc) is 3.28. The Kier molecular flexibility index (Phi) is 4.79. The van der Waals surface area contributed by atoms with Gasteiger partial charge in [0.25, 0.3) is 5.91 Å². The molecule has 1 aliphatic heterocycles. The summed E-state index contributed by atoms with van der Waals surface area (Å²) in [6, 6.07) is 11.9. The number of hydrogen-bond acceptors (Lipinski definition) is 3. The molecule has 3 heterocycles. The predicted molar refractivity (Wildman–Crippen MR) is 104 cm³/mol. The molecule has 1 aromatic carbocycles. The molecule has 4 rings (SSSR count). The van der Waals surface area contributed by atoms with Crippen LogP contribution in [0, 0.1) is 0 Å². The molecule has 1 amide bonds. The molecule has 0 bridgehead atoms. The fourth-order valence-corrected chi connectivity index (χ4v) is 4.45. The van der Waals surface area contributed by atoms with E-state index >= 15 is 0 Å². The molecule has 0 spiro atoms. The van der Waals surface area contributed by atoms with Crippen LogP contribution in [-0.4, -0.2) is 53.4 Å². The Morgan fingerprint density at radius 3 is 2.72 bits per heavy atom. The highest BCUT2D eigenvalue weighted by Gasteiger charge is 2.23. The Hall–Kier alpha value is -1.82. The Labute approximate surface area is 156 Å². The van der Waals surface area contributed by atoms with E-state index in [4.69, 9.17) is 11.6 Å². The highest BCUT2D eigenvalue weighted by molar-refractivity contribution is 7.16. The fraction of sp³-hybridized carbons (Fsp3) is 0.316. The van der Waals surface area contributed by atoms with E-state index in [0.29, 0.717) is 0 Å². The SMILES string of the molecule is O=C(c1cccc2[nH]ccc12)N1CCN(CCc2ccc(Cl)s2)CC1. The average molecular weight is 374 g/mol. The lowest BCUT2D eigenvalue weighted by molar-refractivity contribution is 0.0640. The summed E-state index contributed by atoms with van der Waals surface area (Å²) in [4.78, 5) is 21.8. The first-order chi connectivity index (χ1) is 12.2. The molecule has 25 heavy (non-hydrogen) atoms. The zero-order chi connectivity index (χ0) is 17.2. The lowest BCUT2D eigenvalue weighted by Gasteiger charge is -2.34. The third kappa shape index (κ3) is 3.59. The Bertz CT molecular complexity index is 880. The van der Waals surface area contributed by atoms with Crippen LogP contribution in [0.3, 0.4) is 0 Å². The maximum absolute atomic E-state index is 12.9. The zero-order valence-electron chi connectivity index (χ0n) is 13.9. The molecule has 0 aliphatic carbocycles. The molecule has 3 aromatic rings. The van der Waals surface area contributed by atoms with Crippen LogP contribution in [0.15, 0.2) is 42.6 Å². The number of amides is 1. The third-order valence-electron chi connectivity index (χ3n) is 4.79. The second-order valence-electron chi connectivity index (χ2n) is 6.33. The lowest BCUT2D eigenvalue weighted by atomic mass is 10.1. The smallest absolute Gasteiger partial charge is 0.254 e. The Balaban J connectivity index is 1.35. The molecule has 0 radical (unpaired) electrons. The van der Waals surface area contributed by atoms with Gasteiger partial charge in [-0.1, -0.05) is 17.7 Å². The summed E-state index contributed by atoms with van der Waals surface area (Å²) in [5.74, 6) is 0.134. The molecule has 1 saturated heterocycles. The van der Waals surface area contributed by atoms with E-state index in [1.165, 1.54) is 4.88 Å². The summed E-state index contributed by atoms with van der Waals surface area (Å²) in [7, 11) is 0. The van der Waals surface area contributed by atoms with E-state index in [1.807, 2.05) is 41.4 Å². The van der Waals surface area contributed by atoms with Crippen LogP contribution >= 0.6 is 22.9 Å². The van der Waals surface area contributed by atoms with E-state index < -0.39 is 0 Å². The molecule has 1 fully saturated rings. The van der Waals surface area contributed by atoms with E-state index in [-0.39, 0.29) is 5.91 Å². The second-order valence-corrected chi connectivity index (χ2v) is 8.13. The van der Waals surface area contributed by atoms with Crippen molar-refractivity contribution < 1.29 is 4.79 Å². The van der Waals surface area contributed by atoms with Crippen molar-refractivity contribution in [3.8, 4) is 0 Å². The number of rotatable bonds is 4. The number of carbonyl (C=O) groups excluding carboxylic acids is 1. The van der Waals surface area contributed by atoms with Gasteiger partial charge in [-0.2, -0.15) is 0 Å². The van der Waals surface area contributed by atoms with Gasteiger partial charge >= 0.3 is 0 Å². The van der Waals surface area contributed by atoms with E-state index in [2.05, 4.69) is 16.0 Å². The molecule has 1 N–H and O–H groups in total. The summed E-state index contributed by atoms with van der Waals surface area (Å²) in [6.07, 6.45) is 2.91. The van der Waals surface area contributed by atoms with Crippen molar-refractivity contribution in [1.82, 2.24) is 14.8 Å². The van der Waals surface area contributed by atoms with Gasteiger partial charge in [-0.15, -0.1) is 11.3 Å². The van der Waals surface area contributed by atoms with Gasteiger partial charge in [0, 0.05) is 60.3 Å². The summed E-state index contributed by atoms with van der Waals surface area (Å²) in [5, 5.41) is 1.00. The molecule has 0 atom stereocenters. The van der Waals surface area contributed by atoms with Crippen LogP contribution in [0.4, 0.5) is 0 Å². The number of aromatic amines is 1. The zero-order valence-corrected chi connectivity index (χ0v) is 15.4. The van der Waals surface area contributed by atoms with Gasteiger partial charge in [-0.3, -0.25) is 9.69 Å². The van der Waals surface area contributed by atoms with Gasteiger partial charge < -0.3 is 9.88 Å². The molecular formula is C19H20ClN3OS. The molecule has 1 aliphatic rings. The number of carbonyl (C=O) groups is 1. The van der Waals surface area contributed by atoms with Crippen molar-refractivity contribution >= 4 is 39.7 Å². The van der Waals surface area contributed by atoms with Crippen LogP contribution in [0.2, 0.25) is 4.34 Å². The van der Waals surface area contributed by atoms with Crippen molar-refractivity contribution in [3.05, 3.63) is 57.4 Å². The van der Waals surface area contributed by atoms with Crippen LogP contribution < -0.4 is 0 Å². The quantitative estimate of drug-likeness (QED) is 0.753. The van der Waals surface area contributed by atoms with Crippen LogP contribution in [0.1, 0.15) is 15.2 Å². The van der Waals surface area contributed by atoms with Crippen molar-refractivity contribution in [2.24, 2.45) is 0 Å². The summed E-state index contributed by atoms with van der Waals surface area (Å²) in [6.45, 7) is 4.43. The van der Waals surface area contributed by atoms with Gasteiger partial charge in [0.1, 0.15) is 0 Å². The van der Waals surface area contributed by atoms with Crippen LogP contribution in [0.25, 0.3) is 10.9 Å². The minimum atomic E-state index is 0.134. The number of piperazine rings is 1. The van der Waals surface area contributed by atoms with Crippen LogP contribution in [0.5, 0.6) is 0 Å². The van der Waals surface area contributed by atoms with Crippen LogP contribution in [-0.2, 0) is 6.42 Å². The molecule has 4 nitrogen and oxygen atoms in total. The standard InChI is InChI=1S/C19H20ClN3OS/c20-18-5-4-14(25-18)7-9-22-10-12-23(13-11-22)19(24)16-2-1-3-17-15(16)6-8-21-17/h1-6,8,21H,7,9-13H2.